The Balaban J connectivity index is 2.96. The number of carbonyl (C=O) groups excluding carboxylic acids is 2. The topological polar surface area (TPSA) is 75.4 Å². The van der Waals surface area contributed by atoms with Crippen molar-refractivity contribution < 1.29 is 14.0 Å². The number of amides is 2. The second kappa shape index (κ2) is 5.64. The van der Waals surface area contributed by atoms with E-state index in [0.29, 0.717) is 17.8 Å². The molecule has 0 atom stereocenters. The minimum absolute atomic E-state index is 0.397. The summed E-state index contributed by atoms with van der Waals surface area (Å²) in [5, 5.41) is 2.11. The molecule has 0 heterocycles. The summed E-state index contributed by atoms with van der Waals surface area (Å²) in [5.74, 6) is -1.95. The van der Waals surface area contributed by atoms with E-state index < -0.39 is 11.7 Å². The average Bonchev–Trinajstić information content (AvgIpc) is 2.35. The fourth-order valence-corrected chi connectivity index (χ4v) is 1.11. The molecule has 3 N–H and O–H groups in total. The van der Waals surface area contributed by atoms with Crippen LogP contribution in [0.15, 0.2) is 36.3 Å². The van der Waals surface area contributed by atoms with Crippen LogP contribution in [0.1, 0.15) is 0 Å². The standard InChI is InChI=1S/C11H12FN3O2/c1-14-11(17)10(12)6-15(7-16)9-4-2-8(13)3-5-9/h2-7H,13H2,1H3,(H,14,17)/b10-6+. The summed E-state index contributed by atoms with van der Waals surface area (Å²) in [7, 11) is 1.30. The Morgan fingerprint density at radius 1 is 1.41 bits per heavy atom. The van der Waals surface area contributed by atoms with Gasteiger partial charge in [-0.25, -0.2) is 0 Å². The highest BCUT2D eigenvalue weighted by Crippen LogP contribution is 2.16. The van der Waals surface area contributed by atoms with Crippen molar-refractivity contribution in [3.8, 4) is 0 Å². The summed E-state index contributed by atoms with van der Waals surface area (Å²) in [6.45, 7) is 0. The van der Waals surface area contributed by atoms with Crippen molar-refractivity contribution in [3.05, 3.63) is 36.3 Å². The van der Waals surface area contributed by atoms with Gasteiger partial charge in [-0.05, 0) is 24.3 Å². The summed E-state index contributed by atoms with van der Waals surface area (Å²) in [5.41, 5.74) is 6.41. The number of anilines is 2. The molecule has 2 amide bonds. The van der Waals surface area contributed by atoms with E-state index >= 15 is 0 Å². The first-order chi connectivity index (χ1) is 8.08. The number of benzene rings is 1. The fourth-order valence-electron chi connectivity index (χ4n) is 1.11. The molecule has 0 spiro atoms. The molecule has 0 saturated carbocycles. The van der Waals surface area contributed by atoms with Crippen LogP contribution in [0.25, 0.3) is 0 Å². The number of nitrogens with zero attached hydrogens (tertiary/aromatic N) is 1. The van der Waals surface area contributed by atoms with Crippen LogP contribution >= 0.6 is 0 Å². The number of likely N-dealkylation sites (N-methyl/N-ethyl adjacent to an activating group) is 1. The molecule has 17 heavy (non-hydrogen) atoms. The van der Waals surface area contributed by atoms with Crippen LogP contribution in [0.4, 0.5) is 15.8 Å². The van der Waals surface area contributed by atoms with E-state index in [-0.39, 0.29) is 0 Å². The van der Waals surface area contributed by atoms with E-state index in [1.165, 1.54) is 19.2 Å². The first kappa shape index (κ1) is 12.7. The Morgan fingerprint density at radius 2 is 2.00 bits per heavy atom. The lowest BCUT2D eigenvalue weighted by atomic mass is 10.2. The van der Waals surface area contributed by atoms with Crippen molar-refractivity contribution in [1.82, 2.24) is 5.32 Å². The zero-order chi connectivity index (χ0) is 12.8. The van der Waals surface area contributed by atoms with Gasteiger partial charge in [0, 0.05) is 18.4 Å². The molecule has 0 aliphatic rings. The molecule has 90 valence electrons. The predicted molar refractivity (Wildman–Crippen MR) is 62.7 cm³/mol. The monoisotopic (exact) mass is 237 g/mol. The Kier molecular flexibility index (Phi) is 4.21. The van der Waals surface area contributed by atoms with Gasteiger partial charge in [0.25, 0.3) is 5.91 Å². The maximum atomic E-state index is 13.2. The summed E-state index contributed by atoms with van der Waals surface area (Å²) < 4.78 is 13.2. The molecular weight excluding hydrogens is 225 g/mol. The van der Waals surface area contributed by atoms with Gasteiger partial charge in [0.15, 0.2) is 0 Å². The normalized spacial score (nSPS) is 10.8. The van der Waals surface area contributed by atoms with Crippen molar-refractivity contribution in [2.45, 2.75) is 0 Å². The number of halogens is 1. The summed E-state index contributed by atoms with van der Waals surface area (Å²) in [6.07, 6.45) is 1.20. The molecule has 0 aromatic heterocycles. The Morgan fingerprint density at radius 3 is 2.47 bits per heavy atom. The highest BCUT2D eigenvalue weighted by molar-refractivity contribution is 5.92. The second-order valence-corrected chi connectivity index (χ2v) is 3.16. The van der Waals surface area contributed by atoms with Gasteiger partial charge in [-0.3, -0.25) is 14.5 Å². The van der Waals surface area contributed by atoms with E-state index in [1.807, 2.05) is 0 Å². The van der Waals surface area contributed by atoms with Crippen LogP contribution in [0.2, 0.25) is 0 Å². The molecule has 0 aliphatic heterocycles. The zero-order valence-electron chi connectivity index (χ0n) is 9.18. The van der Waals surface area contributed by atoms with Crippen molar-refractivity contribution in [2.75, 3.05) is 17.7 Å². The van der Waals surface area contributed by atoms with Gasteiger partial charge in [-0.2, -0.15) is 4.39 Å². The number of nitrogens with two attached hydrogens (primary N) is 1. The maximum Gasteiger partial charge on any atom is 0.281 e. The fraction of sp³-hybridized carbons (Fsp3) is 0.0909. The maximum absolute atomic E-state index is 13.2. The quantitative estimate of drug-likeness (QED) is 0.462. The Bertz CT molecular complexity index is 443. The largest absolute Gasteiger partial charge is 0.399 e. The third kappa shape index (κ3) is 3.30. The molecular formula is C11H12FN3O2. The third-order valence-electron chi connectivity index (χ3n) is 2.00. The summed E-state index contributed by atoms with van der Waals surface area (Å²) in [4.78, 5) is 22.7. The number of hydrogen-bond acceptors (Lipinski definition) is 3. The highest BCUT2D eigenvalue weighted by Gasteiger charge is 2.09. The summed E-state index contributed by atoms with van der Waals surface area (Å²) in [6, 6.07) is 6.21. The lowest BCUT2D eigenvalue weighted by Crippen LogP contribution is -2.21. The minimum Gasteiger partial charge on any atom is -0.399 e. The van der Waals surface area contributed by atoms with Gasteiger partial charge in [0.1, 0.15) is 0 Å². The molecule has 0 fully saturated rings. The molecule has 0 unspecified atom stereocenters. The highest BCUT2D eigenvalue weighted by atomic mass is 19.1. The minimum atomic E-state index is -1.06. The van der Waals surface area contributed by atoms with E-state index in [9.17, 15) is 14.0 Å². The molecule has 6 heteroatoms. The zero-order valence-corrected chi connectivity index (χ0v) is 9.18. The molecule has 5 nitrogen and oxygen atoms in total. The molecule has 0 radical (unpaired) electrons. The van der Waals surface area contributed by atoms with Crippen molar-refractivity contribution in [2.24, 2.45) is 0 Å². The summed E-state index contributed by atoms with van der Waals surface area (Å²) >= 11 is 0. The second-order valence-electron chi connectivity index (χ2n) is 3.16. The molecule has 0 saturated heterocycles. The van der Waals surface area contributed by atoms with Crippen LogP contribution in [-0.2, 0) is 9.59 Å². The molecule has 0 bridgehead atoms. The van der Waals surface area contributed by atoms with E-state index in [0.717, 1.165) is 11.1 Å². The van der Waals surface area contributed by atoms with Crippen LogP contribution in [-0.4, -0.2) is 19.4 Å². The molecule has 0 aliphatic carbocycles. The lowest BCUT2D eigenvalue weighted by Gasteiger charge is -2.12. The van der Waals surface area contributed by atoms with Gasteiger partial charge in [0.2, 0.25) is 12.2 Å². The van der Waals surface area contributed by atoms with Crippen LogP contribution in [0, 0.1) is 0 Å². The first-order valence-corrected chi connectivity index (χ1v) is 4.77. The smallest absolute Gasteiger partial charge is 0.281 e. The predicted octanol–water partition coefficient (Wildman–Crippen LogP) is 0.788. The number of hydrogen-bond donors (Lipinski definition) is 2. The lowest BCUT2D eigenvalue weighted by molar-refractivity contribution is -0.118. The van der Waals surface area contributed by atoms with Crippen molar-refractivity contribution in [1.29, 1.82) is 0 Å². The Hall–Kier alpha value is -2.37. The van der Waals surface area contributed by atoms with Crippen LogP contribution < -0.4 is 16.0 Å². The van der Waals surface area contributed by atoms with Gasteiger partial charge in [-0.15, -0.1) is 0 Å². The SMILES string of the molecule is CNC(=O)/C(F)=C\N(C=O)c1ccc(N)cc1. The van der Waals surface area contributed by atoms with Gasteiger partial charge >= 0.3 is 0 Å². The van der Waals surface area contributed by atoms with Crippen LogP contribution in [0.5, 0.6) is 0 Å². The number of rotatable bonds is 4. The third-order valence-corrected chi connectivity index (χ3v) is 2.00. The number of carbonyl (C=O) groups is 2. The molecule has 1 rings (SSSR count). The van der Waals surface area contributed by atoms with Gasteiger partial charge in [-0.1, -0.05) is 0 Å². The van der Waals surface area contributed by atoms with E-state index in [1.54, 1.807) is 12.1 Å². The van der Waals surface area contributed by atoms with E-state index in [2.05, 4.69) is 5.32 Å². The van der Waals surface area contributed by atoms with E-state index in [4.69, 9.17) is 5.73 Å². The molecule has 1 aromatic rings. The van der Waals surface area contributed by atoms with Gasteiger partial charge < -0.3 is 11.1 Å². The molecule has 1 aromatic carbocycles. The Labute approximate surface area is 97.7 Å². The van der Waals surface area contributed by atoms with Crippen LogP contribution in [0.3, 0.4) is 0 Å². The first-order valence-electron chi connectivity index (χ1n) is 4.77. The van der Waals surface area contributed by atoms with Crippen molar-refractivity contribution >= 4 is 23.7 Å². The van der Waals surface area contributed by atoms with Gasteiger partial charge in [0.05, 0.1) is 6.20 Å². The average molecular weight is 237 g/mol. The number of nitrogen functional groups attached to an aromatic ring is 1. The van der Waals surface area contributed by atoms with Crippen molar-refractivity contribution in [3.63, 3.8) is 0 Å². The number of nitrogens with one attached hydrogen (secondary N) is 1.